The SMILES string of the molecule is CC(C(=O)O)C1CN(C(C)C)c2cccc(C(F)(F)F)c21. The van der Waals surface area contributed by atoms with E-state index in [4.69, 9.17) is 0 Å². The summed E-state index contributed by atoms with van der Waals surface area (Å²) < 4.78 is 39.7. The molecule has 1 aromatic carbocycles. The molecule has 6 heteroatoms. The number of hydrogen-bond donors (Lipinski definition) is 1. The monoisotopic (exact) mass is 301 g/mol. The summed E-state index contributed by atoms with van der Waals surface area (Å²) >= 11 is 0. The second-order valence-corrected chi connectivity index (χ2v) is 5.72. The van der Waals surface area contributed by atoms with Crippen molar-refractivity contribution in [2.75, 3.05) is 11.4 Å². The molecule has 3 nitrogen and oxygen atoms in total. The van der Waals surface area contributed by atoms with Crippen molar-refractivity contribution < 1.29 is 23.1 Å². The predicted octanol–water partition coefficient (Wildman–Crippen LogP) is 3.74. The molecule has 1 N–H and O–H groups in total. The molecule has 0 aliphatic carbocycles. The van der Waals surface area contributed by atoms with Crippen LogP contribution in [0.1, 0.15) is 37.8 Å². The van der Waals surface area contributed by atoms with Gasteiger partial charge in [0.15, 0.2) is 0 Å². The van der Waals surface area contributed by atoms with Gasteiger partial charge < -0.3 is 10.0 Å². The molecule has 0 bridgehead atoms. The Hall–Kier alpha value is -1.72. The Labute approximate surface area is 121 Å². The van der Waals surface area contributed by atoms with Crippen molar-refractivity contribution >= 4 is 11.7 Å². The van der Waals surface area contributed by atoms with E-state index >= 15 is 0 Å². The summed E-state index contributed by atoms with van der Waals surface area (Å²) in [5.74, 6) is -2.60. The van der Waals surface area contributed by atoms with Crippen LogP contribution in [-0.4, -0.2) is 23.7 Å². The Morgan fingerprint density at radius 3 is 2.43 bits per heavy atom. The summed E-state index contributed by atoms with van der Waals surface area (Å²) in [6.45, 7) is 5.54. The number of rotatable bonds is 3. The number of hydrogen-bond acceptors (Lipinski definition) is 2. The number of aliphatic carboxylic acids is 1. The normalized spacial score (nSPS) is 19.8. The lowest BCUT2D eigenvalue weighted by molar-refractivity contribution is -0.143. The second kappa shape index (κ2) is 5.24. The summed E-state index contributed by atoms with van der Waals surface area (Å²) in [7, 11) is 0. The highest BCUT2D eigenvalue weighted by atomic mass is 19.4. The molecular weight excluding hydrogens is 283 g/mol. The van der Waals surface area contributed by atoms with Crippen molar-refractivity contribution in [1.29, 1.82) is 0 Å². The number of alkyl halides is 3. The number of anilines is 1. The largest absolute Gasteiger partial charge is 0.481 e. The molecule has 2 atom stereocenters. The van der Waals surface area contributed by atoms with Gasteiger partial charge in [0.05, 0.1) is 11.5 Å². The highest BCUT2D eigenvalue weighted by Crippen LogP contribution is 2.47. The number of carboxylic acid groups (broad SMARTS) is 1. The predicted molar refractivity (Wildman–Crippen MR) is 73.5 cm³/mol. The molecule has 0 spiro atoms. The Kier molecular flexibility index (Phi) is 3.91. The average Bonchev–Trinajstić information content (AvgIpc) is 2.75. The lowest BCUT2D eigenvalue weighted by Gasteiger charge is -2.25. The third-order valence-corrected chi connectivity index (χ3v) is 4.08. The van der Waals surface area contributed by atoms with Gasteiger partial charge in [0.1, 0.15) is 0 Å². The van der Waals surface area contributed by atoms with Gasteiger partial charge in [0.25, 0.3) is 0 Å². The molecule has 0 saturated heterocycles. The molecule has 1 aromatic rings. The second-order valence-electron chi connectivity index (χ2n) is 5.72. The van der Waals surface area contributed by atoms with Crippen LogP contribution in [0.2, 0.25) is 0 Å². The van der Waals surface area contributed by atoms with Crippen LogP contribution in [0.3, 0.4) is 0 Å². The van der Waals surface area contributed by atoms with Gasteiger partial charge in [0.2, 0.25) is 0 Å². The number of benzene rings is 1. The van der Waals surface area contributed by atoms with E-state index in [-0.39, 0.29) is 11.6 Å². The maximum absolute atomic E-state index is 13.2. The van der Waals surface area contributed by atoms with Gasteiger partial charge in [-0.1, -0.05) is 13.0 Å². The zero-order valence-electron chi connectivity index (χ0n) is 12.1. The molecule has 0 fully saturated rings. The summed E-state index contributed by atoms with van der Waals surface area (Å²) in [6.07, 6.45) is -4.48. The number of nitrogens with zero attached hydrogens (tertiary/aromatic N) is 1. The van der Waals surface area contributed by atoms with E-state index in [1.807, 2.05) is 18.7 Å². The van der Waals surface area contributed by atoms with Crippen LogP contribution in [0, 0.1) is 5.92 Å². The molecule has 0 aromatic heterocycles. The van der Waals surface area contributed by atoms with Crippen LogP contribution in [0.25, 0.3) is 0 Å². The molecule has 0 radical (unpaired) electrons. The van der Waals surface area contributed by atoms with E-state index in [0.717, 1.165) is 6.07 Å². The van der Waals surface area contributed by atoms with Gasteiger partial charge in [0, 0.05) is 24.2 Å². The highest BCUT2D eigenvalue weighted by molar-refractivity contribution is 5.74. The lowest BCUT2D eigenvalue weighted by Crippen LogP contribution is -2.31. The van der Waals surface area contributed by atoms with Crippen LogP contribution in [0.4, 0.5) is 18.9 Å². The Bertz CT molecular complexity index is 554. The smallest absolute Gasteiger partial charge is 0.416 e. The molecule has 116 valence electrons. The van der Waals surface area contributed by atoms with Crippen molar-refractivity contribution in [3.8, 4) is 0 Å². The fourth-order valence-corrected chi connectivity index (χ4v) is 2.91. The van der Waals surface area contributed by atoms with E-state index in [9.17, 15) is 23.1 Å². The summed E-state index contributed by atoms with van der Waals surface area (Å²) in [4.78, 5) is 13.1. The third-order valence-electron chi connectivity index (χ3n) is 4.08. The standard InChI is InChI=1S/C15H18F3NO2/c1-8(2)19-7-10(9(3)14(20)21)13-11(15(16,17)18)5-4-6-12(13)19/h4-6,8-10H,7H2,1-3H3,(H,20,21). The zero-order chi connectivity index (χ0) is 15.9. The molecular formula is C15H18F3NO2. The summed E-state index contributed by atoms with van der Waals surface area (Å²) in [6, 6.07) is 4.06. The van der Waals surface area contributed by atoms with Gasteiger partial charge in [-0.05, 0) is 31.5 Å². The Morgan fingerprint density at radius 2 is 1.95 bits per heavy atom. The molecule has 1 aliphatic heterocycles. The van der Waals surface area contributed by atoms with Crippen LogP contribution < -0.4 is 4.90 Å². The molecule has 2 unspecified atom stereocenters. The zero-order valence-corrected chi connectivity index (χ0v) is 12.1. The van der Waals surface area contributed by atoms with E-state index in [1.165, 1.54) is 13.0 Å². The van der Waals surface area contributed by atoms with E-state index in [2.05, 4.69) is 0 Å². The quantitative estimate of drug-likeness (QED) is 0.924. The minimum atomic E-state index is -4.48. The van der Waals surface area contributed by atoms with Crippen LogP contribution in [0.15, 0.2) is 18.2 Å². The van der Waals surface area contributed by atoms with Gasteiger partial charge in [-0.25, -0.2) is 0 Å². The van der Waals surface area contributed by atoms with Crippen molar-refractivity contribution in [2.45, 2.75) is 38.9 Å². The van der Waals surface area contributed by atoms with Gasteiger partial charge >= 0.3 is 12.1 Å². The van der Waals surface area contributed by atoms with E-state index in [0.29, 0.717) is 12.2 Å². The average molecular weight is 301 g/mol. The summed E-state index contributed by atoms with van der Waals surface area (Å²) in [5, 5.41) is 9.19. The van der Waals surface area contributed by atoms with Crippen molar-refractivity contribution in [1.82, 2.24) is 0 Å². The fraction of sp³-hybridized carbons (Fsp3) is 0.533. The highest BCUT2D eigenvalue weighted by Gasteiger charge is 2.43. The Balaban J connectivity index is 2.61. The Morgan fingerprint density at radius 1 is 1.33 bits per heavy atom. The number of carboxylic acids is 1. The molecule has 21 heavy (non-hydrogen) atoms. The van der Waals surface area contributed by atoms with E-state index < -0.39 is 29.5 Å². The fourth-order valence-electron chi connectivity index (χ4n) is 2.91. The minimum absolute atomic E-state index is 0.0122. The maximum Gasteiger partial charge on any atom is 0.416 e. The van der Waals surface area contributed by atoms with Crippen LogP contribution in [0.5, 0.6) is 0 Å². The molecule has 1 aliphatic rings. The molecule has 1 heterocycles. The molecule has 0 saturated carbocycles. The van der Waals surface area contributed by atoms with Crippen LogP contribution in [-0.2, 0) is 11.0 Å². The molecule has 0 amide bonds. The first-order valence-electron chi connectivity index (χ1n) is 6.84. The van der Waals surface area contributed by atoms with Crippen molar-refractivity contribution in [3.05, 3.63) is 29.3 Å². The first kappa shape index (κ1) is 15.7. The van der Waals surface area contributed by atoms with Crippen molar-refractivity contribution in [2.24, 2.45) is 5.92 Å². The first-order valence-corrected chi connectivity index (χ1v) is 6.84. The number of fused-ring (bicyclic) bond motifs is 1. The summed E-state index contributed by atoms with van der Waals surface area (Å²) in [5.41, 5.74) is -0.104. The van der Waals surface area contributed by atoms with E-state index in [1.54, 1.807) is 6.07 Å². The lowest BCUT2D eigenvalue weighted by atomic mass is 9.86. The number of carbonyl (C=O) groups is 1. The topological polar surface area (TPSA) is 40.5 Å². The maximum atomic E-state index is 13.2. The van der Waals surface area contributed by atoms with Crippen LogP contribution >= 0.6 is 0 Å². The first-order chi connectivity index (χ1) is 9.64. The minimum Gasteiger partial charge on any atom is -0.481 e. The van der Waals surface area contributed by atoms with Gasteiger partial charge in [-0.2, -0.15) is 13.2 Å². The number of halogens is 3. The third kappa shape index (κ3) is 2.71. The molecule has 2 rings (SSSR count). The van der Waals surface area contributed by atoms with Gasteiger partial charge in [-0.15, -0.1) is 0 Å². The van der Waals surface area contributed by atoms with Crippen molar-refractivity contribution in [3.63, 3.8) is 0 Å². The van der Waals surface area contributed by atoms with Gasteiger partial charge in [-0.3, -0.25) is 4.79 Å².